The molecule has 1 atom stereocenters. The number of hydrogen-bond acceptors (Lipinski definition) is 2. The Kier molecular flexibility index (Phi) is 3.53. The summed E-state index contributed by atoms with van der Waals surface area (Å²) >= 11 is 0. The Morgan fingerprint density at radius 3 is 2.25 bits per heavy atom. The minimum absolute atomic E-state index is 0.237. The minimum Gasteiger partial charge on any atom is -0.343 e. The van der Waals surface area contributed by atoms with E-state index in [9.17, 15) is 4.79 Å². The second kappa shape index (κ2) is 4.74. The monoisotopic (exact) mass is 224 g/mol. The van der Waals surface area contributed by atoms with E-state index >= 15 is 0 Å². The first-order chi connectivity index (χ1) is 7.59. The van der Waals surface area contributed by atoms with E-state index in [1.807, 2.05) is 11.9 Å². The summed E-state index contributed by atoms with van der Waals surface area (Å²) < 4.78 is 0. The quantitative estimate of drug-likeness (QED) is 0.794. The van der Waals surface area contributed by atoms with Crippen molar-refractivity contribution in [1.82, 2.24) is 4.90 Å². The van der Waals surface area contributed by atoms with Gasteiger partial charge in [-0.1, -0.05) is 6.92 Å². The summed E-state index contributed by atoms with van der Waals surface area (Å²) in [5, 5.41) is 0. The standard InChI is InChI=1S/C13H24N2O/c1-9(10-3-4-10)13(16)15(2)12-7-5-11(14)6-8-12/h9-12H,3-8,14H2,1-2H3. The van der Waals surface area contributed by atoms with Crippen molar-refractivity contribution in [3.63, 3.8) is 0 Å². The lowest BCUT2D eigenvalue weighted by Gasteiger charge is -2.35. The number of nitrogens with two attached hydrogens (primary N) is 1. The van der Waals surface area contributed by atoms with E-state index in [1.54, 1.807) is 0 Å². The molecule has 0 radical (unpaired) electrons. The smallest absolute Gasteiger partial charge is 0.225 e. The van der Waals surface area contributed by atoms with E-state index in [1.165, 1.54) is 12.8 Å². The zero-order valence-corrected chi connectivity index (χ0v) is 10.5. The van der Waals surface area contributed by atoms with Crippen molar-refractivity contribution in [3.8, 4) is 0 Å². The second-order valence-corrected chi connectivity index (χ2v) is 5.64. The van der Waals surface area contributed by atoms with Gasteiger partial charge in [-0.05, 0) is 44.4 Å². The van der Waals surface area contributed by atoms with Crippen molar-refractivity contribution in [2.75, 3.05) is 7.05 Å². The Bertz CT molecular complexity index is 255. The normalized spacial score (nSPS) is 32.2. The molecule has 0 aliphatic heterocycles. The SMILES string of the molecule is CC(C(=O)N(C)C1CCC(N)CC1)C1CC1. The molecule has 0 heterocycles. The van der Waals surface area contributed by atoms with Gasteiger partial charge in [-0.25, -0.2) is 0 Å². The predicted molar refractivity (Wildman–Crippen MR) is 64.9 cm³/mol. The van der Waals surface area contributed by atoms with Crippen LogP contribution < -0.4 is 5.73 Å². The van der Waals surface area contributed by atoms with Gasteiger partial charge in [0.1, 0.15) is 0 Å². The van der Waals surface area contributed by atoms with Crippen molar-refractivity contribution in [2.45, 2.75) is 57.5 Å². The molecule has 2 aliphatic carbocycles. The number of hydrogen-bond donors (Lipinski definition) is 1. The predicted octanol–water partition coefficient (Wildman–Crippen LogP) is 1.76. The molecule has 16 heavy (non-hydrogen) atoms. The summed E-state index contributed by atoms with van der Waals surface area (Å²) in [6.45, 7) is 2.09. The van der Waals surface area contributed by atoms with Gasteiger partial charge >= 0.3 is 0 Å². The van der Waals surface area contributed by atoms with Crippen LogP contribution >= 0.6 is 0 Å². The lowest BCUT2D eigenvalue weighted by atomic mass is 9.90. The van der Waals surface area contributed by atoms with Crippen LogP contribution in [0.2, 0.25) is 0 Å². The molecule has 92 valence electrons. The van der Waals surface area contributed by atoms with Crippen molar-refractivity contribution in [1.29, 1.82) is 0 Å². The molecule has 3 heteroatoms. The van der Waals surface area contributed by atoms with Gasteiger partial charge in [0.2, 0.25) is 5.91 Å². The first kappa shape index (κ1) is 11.9. The zero-order chi connectivity index (χ0) is 11.7. The largest absolute Gasteiger partial charge is 0.343 e. The molecule has 0 aromatic rings. The van der Waals surface area contributed by atoms with Crippen molar-refractivity contribution in [2.24, 2.45) is 17.6 Å². The molecule has 0 aromatic carbocycles. The number of amides is 1. The topological polar surface area (TPSA) is 46.3 Å². The molecular formula is C13H24N2O. The van der Waals surface area contributed by atoms with Gasteiger partial charge in [0, 0.05) is 25.0 Å². The van der Waals surface area contributed by atoms with Gasteiger partial charge in [0.05, 0.1) is 0 Å². The molecule has 0 spiro atoms. The maximum atomic E-state index is 12.2. The summed E-state index contributed by atoms with van der Waals surface area (Å²) in [4.78, 5) is 14.2. The summed E-state index contributed by atoms with van der Waals surface area (Å²) in [5.74, 6) is 1.25. The van der Waals surface area contributed by atoms with E-state index in [0.717, 1.165) is 25.7 Å². The van der Waals surface area contributed by atoms with Crippen molar-refractivity contribution >= 4 is 5.91 Å². The van der Waals surface area contributed by atoms with Crippen LogP contribution in [0.25, 0.3) is 0 Å². The third-order valence-electron chi connectivity index (χ3n) is 4.36. The Morgan fingerprint density at radius 1 is 1.19 bits per heavy atom. The number of nitrogens with zero attached hydrogens (tertiary/aromatic N) is 1. The average molecular weight is 224 g/mol. The molecule has 2 N–H and O–H groups in total. The van der Waals surface area contributed by atoms with Crippen LogP contribution in [0.1, 0.15) is 45.4 Å². The van der Waals surface area contributed by atoms with Crippen LogP contribution in [0.15, 0.2) is 0 Å². The van der Waals surface area contributed by atoms with Crippen LogP contribution in [0, 0.1) is 11.8 Å². The Hall–Kier alpha value is -0.570. The molecule has 3 nitrogen and oxygen atoms in total. The van der Waals surface area contributed by atoms with E-state index in [2.05, 4.69) is 6.92 Å². The number of carbonyl (C=O) groups is 1. The van der Waals surface area contributed by atoms with Crippen LogP contribution in [-0.2, 0) is 4.79 Å². The van der Waals surface area contributed by atoms with Gasteiger partial charge in [-0.2, -0.15) is 0 Å². The molecule has 0 aromatic heterocycles. The van der Waals surface area contributed by atoms with E-state index in [-0.39, 0.29) is 5.92 Å². The highest BCUT2D eigenvalue weighted by Crippen LogP contribution is 2.38. The van der Waals surface area contributed by atoms with Gasteiger partial charge in [0.25, 0.3) is 0 Å². The minimum atomic E-state index is 0.237. The molecule has 1 unspecified atom stereocenters. The maximum Gasteiger partial charge on any atom is 0.225 e. The average Bonchev–Trinajstić information content (AvgIpc) is 3.11. The fourth-order valence-electron chi connectivity index (χ4n) is 2.79. The molecule has 0 bridgehead atoms. The molecule has 2 fully saturated rings. The zero-order valence-electron chi connectivity index (χ0n) is 10.5. The molecule has 2 saturated carbocycles. The third-order valence-corrected chi connectivity index (χ3v) is 4.36. The maximum absolute atomic E-state index is 12.2. The van der Waals surface area contributed by atoms with Gasteiger partial charge in [-0.3, -0.25) is 4.79 Å². The van der Waals surface area contributed by atoms with E-state index in [0.29, 0.717) is 23.9 Å². The Labute approximate surface area is 98.4 Å². The fraction of sp³-hybridized carbons (Fsp3) is 0.923. The van der Waals surface area contributed by atoms with Gasteiger partial charge in [-0.15, -0.1) is 0 Å². The summed E-state index contributed by atoms with van der Waals surface area (Å²) in [6, 6.07) is 0.800. The van der Waals surface area contributed by atoms with Crippen LogP contribution in [0.3, 0.4) is 0 Å². The molecule has 2 aliphatic rings. The van der Waals surface area contributed by atoms with E-state index in [4.69, 9.17) is 5.73 Å². The highest BCUT2D eigenvalue weighted by atomic mass is 16.2. The molecule has 0 saturated heterocycles. The van der Waals surface area contributed by atoms with Gasteiger partial charge < -0.3 is 10.6 Å². The summed E-state index contributed by atoms with van der Waals surface area (Å²) in [6.07, 6.45) is 6.80. The summed E-state index contributed by atoms with van der Waals surface area (Å²) in [5.41, 5.74) is 5.89. The highest BCUT2D eigenvalue weighted by Gasteiger charge is 2.36. The number of carbonyl (C=O) groups excluding carboxylic acids is 1. The second-order valence-electron chi connectivity index (χ2n) is 5.64. The molecule has 1 amide bonds. The van der Waals surface area contributed by atoms with Gasteiger partial charge in [0.15, 0.2) is 0 Å². The van der Waals surface area contributed by atoms with Crippen LogP contribution in [-0.4, -0.2) is 29.9 Å². The fourth-order valence-corrected chi connectivity index (χ4v) is 2.79. The Balaban J connectivity index is 1.85. The van der Waals surface area contributed by atoms with Crippen LogP contribution in [0.4, 0.5) is 0 Å². The number of rotatable bonds is 3. The van der Waals surface area contributed by atoms with E-state index < -0.39 is 0 Å². The first-order valence-corrected chi connectivity index (χ1v) is 6.62. The van der Waals surface area contributed by atoms with Crippen LogP contribution in [0.5, 0.6) is 0 Å². The molecule has 2 rings (SSSR count). The van der Waals surface area contributed by atoms with Crippen molar-refractivity contribution < 1.29 is 4.79 Å². The third kappa shape index (κ3) is 2.57. The highest BCUT2D eigenvalue weighted by molar-refractivity contribution is 5.79. The molecular weight excluding hydrogens is 200 g/mol. The first-order valence-electron chi connectivity index (χ1n) is 6.62. The van der Waals surface area contributed by atoms with Crippen molar-refractivity contribution in [3.05, 3.63) is 0 Å². The Morgan fingerprint density at radius 2 is 1.75 bits per heavy atom. The lowest BCUT2D eigenvalue weighted by Crippen LogP contribution is -2.44. The lowest BCUT2D eigenvalue weighted by molar-refractivity contribution is -0.137. The summed E-state index contributed by atoms with van der Waals surface area (Å²) in [7, 11) is 1.97.